The molecule has 0 amide bonds. The maximum Gasteiger partial charge on any atom is 0.110 e. The zero-order chi connectivity index (χ0) is 12.3. The van der Waals surface area contributed by atoms with E-state index >= 15 is 0 Å². The molecule has 1 aromatic carbocycles. The average molecular weight is 230 g/mol. The molecule has 0 fully saturated rings. The first-order chi connectivity index (χ1) is 8.16. The van der Waals surface area contributed by atoms with E-state index in [9.17, 15) is 0 Å². The Labute approximate surface area is 101 Å². The van der Waals surface area contributed by atoms with Crippen LogP contribution in [0.1, 0.15) is 11.4 Å². The Bertz CT molecular complexity index is 502. The van der Waals surface area contributed by atoms with Gasteiger partial charge in [0.05, 0.1) is 11.4 Å². The van der Waals surface area contributed by atoms with Crippen molar-refractivity contribution in [2.24, 2.45) is 7.05 Å². The highest BCUT2D eigenvalue weighted by molar-refractivity contribution is 5.66. The molecule has 0 bridgehead atoms. The number of rotatable bonds is 4. The van der Waals surface area contributed by atoms with Gasteiger partial charge in [-0.05, 0) is 24.6 Å². The van der Waals surface area contributed by atoms with Crippen molar-refractivity contribution >= 4 is 11.4 Å². The monoisotopic (exact) mass is 230 g/mol. The number of hydrogen-bond donors (Lipinski definition) is 2. The van der Waals surface area contributed by atoms with Crippen molar-refractivity contribution in [3.05, 3.63) is 42.0 Å². The molecular weight excluding hydrogens is 212 g/mol. The molecule has 1 heterocycles. The molecule has 2 aromatic rings. The average Bonchev–Trinajstić information content (AvgIpc) is 2.70. The second-order valence-electron chi connectivity index (χ2n) is 4.22. The molecule has 0 aliphatic heterocycles. The molecule has 4 nitrogen and oxygen atoms in total. The Kier molecular flexibility index (Phi) is 3.32. The highest BCUT2D eigenvalue weighted by Gasteiger charge is 2.01. The molecule has 0 aliphatic carbocycles. The lowest BCUT2D eigenvalue weighted by atomic mass is 10.2. The third-order valence-electron chi connectivity index (χ3n) is 2.79. The number of hydrogen-bond acceptors (Lipinski definition) is 3. The molecule has 17 heavy (non-hydrogen) atoms. The minimum atomic E-state index is 0.787. The van der Waals surface area contributed by atoms with Gasteiger partial charge in [0.2, 0.25) is 0 Å². The minimum Gasteiger partial charge on any atom is -0.397 e. The van der Waals surface area contributed by atoms with Crippen LogP contribution >= 0.6 is 0 Å². The van der Waals surface area contributed by atoms with Crippen LogP contribution < -0.4 is 11.1 Å². The maximum absolute atomic E-state index is 5.90. The van der Waals surface area contributed by atoms with Gasteiger partial charge >= 0.3 is 0 Å². The van der Waals surface area contributed by atoms with Gasteiger partial charge in [-0.15, -0.1) is 0 Å². The number of aromatic nitrogens is 2. The van der Waals surface area contributed by atoms with Crippen LogP contribution in [0.5, 0.6) is 0 Å². The number of imidazole rings is 1. The normalized spacial score (nSPS) is 10.5. The van der Waals surface area contributed by atoms with E-state index in [1.165, 1.54) is 5.56 Å². The van der Waals surface area contributed by atoms with Crippen molar-refractivity contribution < 1.29 is 0 Å². The van der Waals surface area contributed by atoms with Crippen LogP contribution in [-0.2, 0) is 13.5 Å². The summed E-state index contributed by atoms with van der Waals surface area (Å²) in [5.41, 5.74) is 8.89. The fourth-order valence-corrected chi connectivity index (χ4v) is 1.77. The lowest BCUT2D eigenvalue weighted by Gasteiger charge is -2.10. The van der Waals surface area contributed by atoms with Gasteiger partial charge in [-0.2, -0.15) is 0 Å². The van der Waals surface area contributed by atoms with Gasteiger partial charge in [-0.25, -0.2) is 4.98 Å². The third-order valence-corrected chi connectivity index (χ3v) is 2.79. The molecule has 3 N–H and O–H groups in total. The molecule has 0 unspecified atom stereocenters. The van der Waals surface area contributed by atoms with E-state index < -0.39 is 0 Å². The van der Waals surface area contributed by atoms with Crippen molar-refractivity contribution in [2.75, 3.05) is 17.6 Å². The SMILES string of the molecule is Cc1ccc(N)c(NCCc2nccn2C)c1. The van der Waals surface area contributed by atoms with Crippen molar-refractivity contribution in [1.29, 1.82) is 0 Å². The number of nitrogens with zero attached hydrogens (tertiary/aromatic N) is 2. The Balaban J connectivity index is 1.94. The van der Waals surface area contributed by atoms with Gasteiger partial charge < -0.3 is 15.6 Å². The topological polar surface area (TPSA) is 55.9 Å². The Morgan fingerprint density at radius 2 is 2.24 bits per heavy atom. The molecule has 2 rings (SSSR count). The third kappa shape index (κ3) is 2.78. The van der Waals surface area contributed by atoms with E-state index in [0.717, 1.165) is 30.2 Å². The van der Waals surface area contributed by atoms with E-state index in [4.69, 9.17) is 5.73 Å². The molecule has 90 valence electrons. The fraction of sp³-hybridized carbons (Fsp3) is 0.308. The van der Waals surface area contributed by atoms with Crippen molar-refractivity contribution in [2.45, 2.75) is 13.3 Å². The number of nitrogens with one attached hydrogen (secondary N) is 1. The Hall–Kier alpha value is -1.97. The zero-order valence-corrected chi connectivity index (χ0v) is 10.3. The molecule has 0 atom stereocenters. The van der Waals surface area contributed by atoms with E-state index in [2.05, 4.69) is 23.3 Å². The first-order valence-electron chi connectivity index (χ1n) is 5.73. The van der Waals surface area contributed by atoms with Crippen molar-refractivity contribution in [1.82, 2.24) is 9.55 Å². The molecule has 0 saturated carbocycles. The Morgan fingerprint density at radius 1 is 1.41 bits per heavy atom. The number of nitrogen functional groups attached to an aromatic ring is 1. The van der Waals surface area contributed by atoms with Crippen LogP contribution in [0.4, 0.5) is 11.4 Å². The molecular formula is C13H18N4. The summed E-state index contributed by atoms with van der Waals surface area (Å²) >= 11 is 0. The molecule has 0 aliphatic rings. The maximum atomic E-state index is 5.90. The van der Waals surface area contributed by atoms with Gasteiger partial charge in [0.15, 0.2) is 0 Å². The van der Waals surface area contributed by atoms with Gasteiger partial charge in [-0.1, -0.05) is 6.07 Å². The standard InChI is InChI=1S/C13H18N4/c1-10-3-4-11(14)12(9-10)15-6-5-13-16-7-8-17(13)2/h3-4,7-9,15H,5-6,14H2,1-2H3. The summed E-state index contributed by atoms with van der Waals surface area (Å²) < 4.78 is 2.03. The molecule has 0 radical (unpaired) electrons. The summed E-state index contributed by atoms with van der Waals surface area (Å²) in [5.74, 6) is 1.07. The van der Waals surface area contributed by atoms with E-state index in [1.54, 1.807) is 0 Å². The number of anilines is 2. The van der Waals surface area contributed by atoms with Crippen molar-refractivity contribution in [3.8, 4) is 0 Å². The first-order valence-corrected chi connectivity index (χ1v) is 5.73. The van der Waals surface area contributed by atoms with Crippen LogP contribution in [-0.4, -0.2) is 16.1 Å². The highest BCUT2D eigenvalue weighted by atomic mass is 15.0. The summed E-state index contributed by atoms with van der Waals surface area (Å²) in [6.45, 7) is 2.89. The quantitative estimate of drug-likeness (QED) is 0.789. The van der Waals surface area contributed by atoms with Crippen LogP contribution in [0.15, 0.2) is 30.6 Å². The van der Waals surface area contributed by atoms with E-state index in [1.807, 2.05) is 36.1 Å². The van der Waals surface area contributed by atoms with Crippen LogP contribution in [0.2, 0.25) is 0 Å². The van der Waals surface area contributed by atoms with E-state index in [-0.39, 0.29) is 0 Å². The lowest BCUT2D eigenvalue weighted by Crippen LogP contribution is -2.09. The highest BCUT2D eigenvalue weighted by Crippen LogP contribution is 2.19. The smallest absolute Gasteiger partial charge is 0.110 e. The van der Waals surface area contributed by atoms with Gasteiger partial charge in [0, 0.05) is 32.4 Å². The second-order valence-corrected chi connectivity index (χ2v) is 4.22. The van der Waals surface area contributed by atoms with Crippen molar-refractivity contribution in [3.63, 3.8) is 0 Å². The van der Waals surface area contributed by atoms with Crippen LogP contribution in [0.3, 0.4) is 0 Å². The minimum absolute atomic E-state index is 0.787. The van der Waals surface area contributed by atoms with Crippen LogP contribution in [0.25, 0.3) is 0 Å². The molecule has 1 aromatic heterocycles. The van der Waals surface area contributed by atoms with E-state index in [0.29, 0.717) is 0 Å². The van der Waals surface area contributed by atoms with Gasteiger partial charge in [-0.3, -0.25) is 0 Å². The zero-order valence-electron chi connectivity index (χ0n) is 10.3. The summed E-state index contributed by atoms with van der Waals surface area (Å²) in [7, 11) is 2.00. The molecule has 0 saturated heterocycles. The largest absolute Gasteiger partial charge is 0.397 e. The predicted molar refractivity (Wildman–Crippen MR) is 71.0 cm³/mol. The van der Waals surface area contributed by atoms with Gasteiger partial charge in [0.25, 0.3) is 0 Å². The summed E-state index contributed by atoms with van der Waals surface area (Å²) in [6.07, 6.45) is 4.66. The number of aryl methyl sites for hydroxylation is 2. The Morgan fingerprint density at radius 3 is 2.94 bits per heavy atom. The summed E-state index contributed by atoms with van der Waals surface area (Å²) in [6, 6.07) is 6.01. The van der Waals surface area contributed by atoms with Gasteiger partial charge in [0.1, 0.15) is 5.82 Å². The second kappa shape index (κ2) is 4.91. The summed E-state index contributed by atoms with van der Waals surface area (Å²) in [4.78, 5) is 4.28. The molecule has 0 spiro atoms. The van der Waals surface area contributed by atoms with Crippen LogP contribution in [0, 0.1) is 6.92 Å². The number of nitrogens with two attached hydrogens (primary N) is 1. The number of benzene rings is 1. The summed E-state index contributed by atoms with van der Waals surface area (Å²) in [5, 5.41) is 3.34. The fourth-order valence-electron chi connectivity index (χ4n) is 1.77. The first kappa shape index (κ1) is 11.5. The molecule has 4 heteroatoms. The lowest BCUT2D eigenvalue weighted by molar-refractivity contribution is 0.790. The predicted octanol–water partition coefficient (Wildman–Crippen LogP) is 1.97.